The number of carbonyl (C=O) groups is 1. The summed E-state index contributed by atoms with van der Waals surface area (Å²) in [6, 6.07) is 8.93. The summed E-state index contributed by atoms with van der Waals surface area (Å²) in [5.74, 6) is -2.38. The number of aryl methyl sites for hydroxylation is 1. The van der Waals surface area contributed by atoms with Crippen LogP contribution in [0.2, 0.25) is 0 Å². The molecule has 1 atom stereocenters. The predicted molar refractivity (Wildman–Crippen MR) is 111 cm³/mol. The molecule has 0 aliphatic carbocycles. The minimum Gasteiger partial charge on any atom is -0.317 e. The van der Waals surface area contributed by atoms with Gasteiger partial charge >= 0.3 is 0 Å². The normalized spacial score (nSPS) is 17.1. The van der Waals surface area contributed by atoms with E-state index in [0.717, 1.165) is 29.0 Å². The van der Waals surface area contributed by atoms with Crippen LogP contribution in [0, 0.1) is 18.6 Å². The van der Waals surface area contributed by atoms with Crippen LogP contribution in [0.1, 0.15) is 39.3 Å². The molecule has 11 heteroatoms. The fourth-order valence-corrected chi connectivity index (χ4v) is 6.13. The number of carbonyl (C=O) groups excluding carboxylic acids is 1. The second-order valence-corrected chi connectivity index (χ2v) is 10.0. The summed E-state index contributed by atoms with van der Waals surface area (Å²) in [6.45, 7) is 2.16. The van der Waals surface area contributed by atoms with Crippen LogP contribution in [0.3, 0.4) is 0 Å². The molecule has 2 aromatic carbocycles. The molecule has 0 bridgehead atoms. The van der Waals surface area contributed by atoms with E-state index in [2.05, 4.69) is 15.5 Å². The van der Waals surface area contributed by atoms with E-state index in [1.807, 2.05) is 13.0 Å². The van der Waals surface area contributed by atoms with Crippen molar-refractivity contribution < 1.29 is 22.0 Å². The Morgan fingerprint density at radius 3 is 2.74 bits per heavy atom. The highest BCUT2D eigenvalue weighted by atomic mass is 32.2. The number of sulfonamides is 1. The van der Waals surface area contributed by atoms with Crippen LogP contribution in [0.4, 0.5) is 14.5 Å². The highest BCUT2D eigenvalue weighted by Gasteiger charge is 2.38. The number of hydrogen-bond acceptors (Lipinski definition) is 6. The van der Waals surface area contributed by atoms with Crippen molar-refractivity contribution in [1.82, 2.24) is 14.5 Å². The van der Waals surface area contributed by atoms with Crippen molar-refractivity contribution in [3.05, 3.63) is 69.7 Å². The molecule has 0 spiro atoms. The molecule has 1 amide bonds. The molecule has 1 unspecified atom stereocenters. The molecule has 3 aromatic rings. The molecule has 1 aliphatic rings. The number of nitrogens with one attached hydrogen (secondary N) is 1. The minimum atomic E-state index is -3.74. The van der Waals surface area contributed by atoms with Crippen LogP contribution in [0.5, 0.6) is 0 Å². The van der Waals surface area contributed by atoms with E-state index in [-0.39, 0.29) is 15.6 Å². The van der Waals surface area contributed by atoms with E-state index in [9.17, 15) is 22.0 Å². The highest BCUT2D eigenvalue weighted by molar-refractivity contribution is 7.89. The number of amides is 1. The third-order valence-electron chi connectivity index (χ3n) is 4.90. The zero-order chi connectivity index (χ0) is 22.2. The average molecular weight is 465 g/mol. The molecule has 1 fully saturated rings. The maximum atomic E-state index is 13.8. The maximum absolute atomic E-state index is 13.8. The van der Waals surface area contributed by atoms with Gasteiger partial charge in [-0.05, 0) is 49.6 Å². The Hall–Kier alpha value is -2.76. The van der Waals surface area contributed by atoms with Gasteiger partial charge in [-0.2, -0.15) is 4.31 Å². The lowest BCUT2D eigenvalue weighted by Gasteiger charge is -2.22. The van der Waals surface area contributed by atoms with E-state index in [1.165, 1.54) is 4.31 Å². The summed E-state index contributed by atoms with van der Waals surface area (Å²) < 4.78 is 54.5. The third kappa shape index (κ3) is 4.34. The molecule has 31 heavy (non-hydrogen) atoms. The molecule has 1 saturated heterocycles. The Labute approximate surface area is 181 Å². The van der Waals surface area contributed by atoms with Crippen LogP contribution >= 0.6 is 11.3 Å². The molecular formula is C20H18F2N4O3S2. The number of anilines is 1. The van der Waals surface area contributed by atoms with Gasteiger partial charge in [0.1, 0.15) is 16.6 Å². The zero-order valence-electron chi connectivity index (χ0n) is 16.4. The number of halogens is 2. The Morgan fingerprint density at radius 1 is 1.19 bits per heavy atom. The molecule has 2 heterocycles. The smallest absolute Gasteiger partial charge is 0.286 e. The lowest BCUT2D eigenvalue weighted by Crippen LogP contribution is -2.30. The van der Waals surface area contributed by atoms with Gasteiger partial charge < -0.3 is 5.32 Å². The summed E-state index contributed by atoms with van der Waals surface area (Å²) in [4.78, 5) is 12.6. The van der Waals surface area contributed by atoms with Crippen LogP contribution in [0.15, 0.2) is 47.4 Å². The van der Waals surface area contributed by atoms with Gasteiger partial charge in [0, 0.05) is 12.6 Å². The average Bonchev–Trinajstić information content (AvgIpc) is 3.39. The highest BCUT2D eigenvalue weighted by Crippen LogP contribution is 2.38. The molecule has 7 nitrogen and oxygen atoms in total. The van der Waals surface area contributed by atoms with Crippen molar-refractivity contribution in [2.24, 2.45) is 0 Å². The molecular weight excluding hydrogens is 446 g/mol. The summed E-state index contributed by atoms with van der Waals surface area (Å²) in [5, 5.41) is 10.5. The second-order valence-electron chi connectivity index (χ2n) is 7.11. The standard InChI is InChI=1S/C20H18F2N4O3S2/c1-12-4-2-5-14(10-12)31(28,29)26-9-3-6-17(26)19-24-25-20(30-19)18(27)23-16-8-7-13(21)11-15(16)22/h2,4-5,7-8,10-11,17H,3,6,9H2,1H3,(H,23,27). The van der Waals surface area contributed by atoms with Gasteiger partial charge in [-0.15, -0.1) is 10.2 Å². The van der Waals surface area contributed by atoms with E-state index in [0.29, 0.717) is 30.5 Å². The molecule has 4 rings (SSSR count). The fourth-order valence-electron chi connectivity index (χ4n) is 3.41. The van der Waals surface area contributed by atoms with Crippen molar-refractivity contribution in [1.29, 1.82) is 0 Å². The van der Waals surface area contributed by atoms with Crippen LogP contribution < -0.4 is 5.32 Å². The Morgan fingerprint density at radius 2 is 2.00 bits per heavy atom. The Balaban J connectivity index is 1.56. The summed E-state index contributed by atoms with van der Waals surface area (Å²) >= 11 is 0.948. The van der Waals surface area contributed by atoms with Crippen LogP contribution in [-0.2, 0) is 10.0 Å². The largest absolute Gasteiger partial charge is 0.317 e. The van der Waals surface area contributed by atoms with Crippen LogP contribution in [0.25, 0.3) is 0 Å². The second kappa shape index (κ2) is 8.40. The first-order chi connectivity index (χ1) is 14.8. The first-order valence-corrected chi connectivity index (χ1v) is 11.7. The molecule has 162 valence electrons. The SMILES string of the molecule is Cc1cccc(S(=O)(=O)N2CCCC2c2nnc(C(=O)Nc3ccc(F)cc3F)s2)c1. The van der Waals surface area contributed by atoms with E-state index < -0.39 is 33.6 Å². The van der Waals surface area contributed by atoms with E-state index in [1.54, 1.807) is 18.2 Å². The number of aromatic nitrogens is 2. The molecule has 1 aromatic heterocycles. The number of hydrogen-bond donors (Lipinski definition) is 1. The van der Waals surface area contributed by atoms with Gasteiger partial charge in [0.2, 0.25) is 15.0 Å². The third-order valence-corrected chi connectivity index (χ3v) is 7.83. The number of benzene rings is 2. The molecule has 0 saturated carbocycles. The fraction of sp³-hybridized carbons (Fsp3) is 0.250. The Bertz CT molecular complexity index is 1250. The molecule has 1 N–H and O–H groups in total. The van der Waals surface area contributed by atoms with Gasteiger partial charge in [0.25, 0.3) is 5.91 Å². The van der Waals surface area contributed by atoms with Gasteiger partial charge in [-0.25, -0.2) is 17.2 Å². The van der Waals surface area contributed by atoms with Gasteiger partial charge in [0.05, 0.1) is 16.6 Å². The van der Waals surface area contributed by atoms with Gasteiger partial charge in [-0.3, -0.25) is 4.79 Å². The van der Waals surface area contributed by atoms with Gasteiger partial charge in [-0.1, -0.05) is 23.5 Å². The number of nitrogens with zero attached hydrogens (tertiary/aromatic N) is 3. The van der Waals surface area contributed by atoms with Crippen molar-refractivity contribution in [2.75, 3.05) is 11.9 Å². The summed E-state index contributed by atoms with van der Waals surface area (Å²) in [6.07, 6.45) is 1.20. The van der Waals surface area contributed by atoms with E-state index in [4.69, 9.17) is 0 Å². The molecule has 0 radical (unpaired) electrons. The first-order valence-electron chi connectivity index (χ1n) is 9.44. The zero-order valence-corrected chi connectivity index (χ0v) is 18.0. The van der Waals surface area contributed by atoms with Crippen molar-refractivity contribution in [2.45, 2.75) is 30.7 Å². The van der Waals surface area contributed by atoms with Gasteiger partial charge in [0.15, 0.2) is 0 Å². The lowest BCUT2D eigenvalue weighted by molar-refractivity contribution is 0.102. The van der Waals surface area contributed by atoms with Crippen molar-refractivity contribution in [3.8, 4) is 0 Å². The predicted octanol–water partition coefficient (Wildman–Crippen LogP) is 3.90. The monoisotopic (exact) mass is 464 g/mol. The first kappa shape index (κ1) is 21.5. The maximum Gasteiger partial charge on any atom is 0.286 e. The minimum absolute atomic E-state index is 0.0430. The van der Waals surface area contributed by atoms with E-state index >= 15 is 0 Å². The quantitative estimate of drug-likeness (QED) is 0.618. The summed E-state index contributed by atoms with van der Waals surface area (Å²) in [5.41, 5.74) is 0.646. The van der Waals surface area contributed by atoms with Crippen molar-refractivity contribution >= 4 is 33.0 Å². The van der Waals surface area contributed by atoms with Crippen molar-refractivity contribution in [3.63, 3.8) is 0 Å². The lowest BCUT2D eigenvalue weighted by atomic mass is 10.2. The Kier molecular flexibility index (Phi) is 5.82. The topological polar surface area (TPSA) is 92.3 Å². The van der Waals surface area contributed by atoms with Crippen LogP contribution in [-0.4, -0.2) is 35.4 Å². The molecule has 1 aliphatic heterocycles. The summed E-state index contributed by atoms with van der Waals surface area (Å²) in [7, 11) is -3.74. The number of rotatable bonds is 5.